The maximum absolute atomic E-state index is 12.5. The molecule has 1 aromatic heterocycles. The van der Waals surface area contributed by atoms with E-state index in [9.17, 15) is 15.0 Å². The van der Waals surface area contributed by atoms with Gasteiger partial charge in [-0.2, -0.15) is 0 Å². The first-order valence-corrected chi connectivity index (χ1v) is 8.72. The van der Waals surface area contributed by atoms with Gasteiger partial charge < -0.3 is 24.1 Å². The van der Waals surface area contributed by atoms with Crippen LogP contribution in [0.5, 0.6) is 23.0 Å². The van der Waals surface area contributed by atoms with Gasteiger partial charge in [0.1, 0.15) is 16.7 Å². The van der Waals surface area contributed by atoms with E-state index in [1.165, 1.54) is 31.0 Å². The largest absolute Gasteiger partial charge is 0.508 e. The summed E-state index contributed by atoms with van der Waals surface area (Å²) in [6.45, 7) is 3.68. The van der Waals surface area contributed by atoms with E-state index in [1.807, 2.05) is 13.8 Å². The number of fused-ring (bicyclic) bond motifs is 1. The molecular formula is C19H18O6S. The van der Waals surface area contributed by atoms with E-state index < -0.39 is 0 Å². The number of hydrogen-bond donors (Lipinski definition) is 2. The van der Waals surface area contributed by atoms with Crippen LogP contribution < -0.4 is 14.9 Å². The predicted molar refractivity (Wildman–Crippen MR) is 98.7 cm³/mol. The van der Waals surface area contributed by atoms with E-state index in [2.05, 4.69) is 0 Å². The van der Waals surface area contributed by atoms with E-state index in [4.69, 9.17) is 13.9 Å². The quantitative estimate of drug-likeness (QED) is 0.693. The van der Waals surface area contributed by atoms with Gasteiger partial charge in [-0.3, -0.25) is 4.79 Å². The first-order chi connectivity index (χ1) is 12.4. The van der Waals surface area contributed by atoms with E-state index in [-0.39, 0.29) is 39.8 Å². The van der Waals surface area contributed by atoms with Crippen LogP contribution in [0, 0.1) is 0 Å². The molecule has 0 aliphatic carbocycles. The van der Waals surface area contributed by atoms with Crippen molar-refractivity contribution in [3.05, 3.63) is 46.6 Å². The van der Waals surface area contributed by atoms with Gasteiger partial charge in [-0.15, -0.1) is 0 Å². The van der Waals surface area contributed by atoms with E-state index in [0.717, 1.165) is 4.90 Å². The zero-order valence-corrected chi connectivity index (χ0v) is 15.3. The van der Waals surface area contributed by atoms with Crippen LogP contribution in [0.4, 0.5) is 0 Å². The zero-order valence-electron chi connectivity index (χ0n) is 14.5. The Morgan fingerprint density at radius 2 is 1.81 bits per heavy atom. The third kappa shape index (κ3) is 3.57. The topological polar surface area (TPSA) is 89.1 Å². The summed E-state index contributed by atoms with van der Waals surface area (Å²) in [4.78, 5) is 13.3. The molecular weight excluding hydrogens is 356 g/mol. The summed E-state index contributed by atoms with van der Waals surface area (Å²) in [6.07, 6.45) is -0.151. The molecule has 0 amide bonds. The van der Waals surface area contributed by atoms with Gasteiger partial charge in [-0.05, 0) is 38.1 Å². The molecule has 7 heteroatoms. The lowest BCUT2D eigenvalue weighted by molar-refractivity contribution is 0.227. The minimum atomic E-state index is -0.389. The summed E-state index contributed by atoms with van der Waals surface area (Å²) < 4.78 is 16.6. The van der Waals surface area contributed by atoms with Gasteiger partial charge in [-0.25, -0.2) is 0 Å². The van der Waals surface area contributed by atoms with Gasteiger partial charge in [0.05, 0.1) is 13.2 Å². The third-order valence-electron chi connectivity index (χ3n) is 3.51. The minimum Gasteiger partial charge on any atom is -0.508 e. The summed E-state index contributed by atoms with van der Waals surface area (Å²) in [5.41, 5.74) is -0.188. The Hall–Kier alpha value is -2.80. The molecule has 0 fully saturated rings. The Labute approximate surface area is 154 Å². The average molecular weight is 374 g/mol. The predicted octanol–water partition coefficient (Wildman–Crippen LogP) is 4.15. The van der Waals surface area contributed by atoms with Crippen LogP contribution in [-0.4, -0.2) is 23.4 Å². The van der Waals surface area contributed by atoms with E-state index in [1.54, 1.807) is 24.3 Å². The van der Waals surface area contributed by atoms with E-state index >= 15 is 0 Å². The number of ether oxygens (including phenoxy) is 2. The standard InChI is InChI=1S/C19H18O6S/c1-10(2)24-15-9-14-17(18(22)19(15)23-3)13(21)8-16(25-14)26-12-6-4-11(20)5-7-12/h4-10,20,22H,1-3H3. The van der Waals surface area contributed by atoms with Crippen LogP contribution in [0.2, 0.25) is 0 Å². The number of phenols is 2. The lowest BCUT2D eigenvalue weighted by Gasteiger charge is -2.15. The van der Waals surface area contributed by atoms with E-state index in [0.29, 0.717) is 10.8 Å². The summed E-state index contributed by atoms with van der Waals surface area (Å²) in [5, 5.41) is 20.2. The first-order valence-electron chi connectivity index (χ1n) is 7.90. The van der Waals surface area contributed by atoms with Crippen molar-refractivity contribution in [2.75, 3.05) is 7.11 Å². The molecule has 1 heterocycles. The van der Waals surface area contributed by atoms with Crippen LogP contribution in [0.3, 0.4) is 0 Å². The normalized spacial score (nSPS) is 11.1. The molecule has 136 valence electrons. The van der Waals surface area contributed by atoms with Gasteiger partial charge in [0.15, 0.2) is 22.0 Å². The SMILES string of the molecule is COc1c(OC(C)C)cc2oc(Sc3ccc(O)cc3)cc(=O)c2c1O. The van der Waals surface area contributed by atoms with Crippen LogP contribution in [0.15, 0.2) is 55.6 Å². The number of hydrogen-bond acceptors (Lipinski definition) is 7. The van der Waals surface area contributed by atoms with Crippen molar-refractivity contribution in [3.8, 4) is 23.0 Å². The zero-order chi connectivity index (χ0) is 18.8. The monoisotopic (exact) mass is 374 g/mol. The Bertz CT molecular complexity index is 992. The van der Waals surface area contributed by atoms with Crippen molar-refractivity contribution in [2.24, 2.45) is 0 Å². The van der Waals surface area contributed by atoms with Crippen molar-refractivity contribution < 1.29 is 24.1 Å². The third-order valence-corrected chi connectivity index (χ3v) is 4.42. The van der Waals surface area contributed by atoms with Crippen molar-refractivity contribution in [1.29, 1.82) is 0 Å². The summed E-state index contributed by atoms with van der Waals surface area (Å²) in [5.74, 6) is 0.234. The molecule has 0 saturated carbocycles. The number of phenolic OH excluding ortho intramolecular Hbond substituents is 2. The van der Waals surface area contributed by atoms with Crippen molar-refractivity contribution in [2.45, 2.75) is 29.9 Å². The Morgan fingerprint density at radius 3 is 2.42 bits per heavy atom. The van der Waals surface area contributed by atoms with Gasteiger partial charge in [0.25, 0.3) is 0 Å². The lowest BCUT2D eigenvalue weighted by Crippen LogP contribution is -2.08. The molecule has 2 N–H and O–H groups in total. The fourth-order valence-corrected chi connectivity index (χ4v) is 3.26. The molecule has 0 aliphatic rings. The Balaban J connectivity index is 2.11. The number of aromatic hydroxyl groups is 2. The number of rotatable bonds is 5. The molecule has 3 rings (SSSR count). The van der Waals surface area contributed by atoms with Crippen LogP contribution in [-0.2, 0) is 0 Å². The molecule has 0 aliphatic heterocycles. The van der Waals surface area contributed by atoms with Gasteiger partial charge in [0, 0.05) is 17.0 Å². The molecule has 3 aromatic rings. The molecule has 0 atom stereocenters. The second-order valence-electron chi connectivity index (χ2n) is 5.82. The summed E-state index contributed by atoms with van der Waals surface area (Å²) in [7, 11) is 1.39. The molecule has 0 saturated heterocycles. The van der Waals surface area contributed by atoms with Gasteiger partial charge in [-0.1, -0.05) is 11.8 Å². The maximum Gasteiger partial charge on any atom is 0.204 e. The van der Waals surface area contributed by atoms with Crippen molar-refractivity contribution in [3.63, 3.8) is 0 Å². The molecule has 0 bridgehead atoms. The van der Waals surface area contributed by atoms with Crippen molar-refractivity contribution >= 4 is 22.7 Å². The van der Waals surface area contributed by atoms with Gasteiger partial charge in [0.2, 0.25) is 5.75 Å². The average Bonchev–Trinajstić information content (AvgIpc) is 2.56. The maximum atomic E-state index is 12.5. The lowest BCUT2D eigenvalue weighted by atomic mass is 10.2. The highest BCUT2D eigenvalue weighted by atomic mass is 32.2. The second kappa shape index (κ2) is 7.21. The molecule has 2 aromatic carbocycles. The van der Waals surface area contributed by atoms with Crippen LogP contribution in [0.25, 0.3) is 11.0 Å². The molecule has 0 spiro atoms. The number of methoxy groups -OCH3 is 1. The summed E-state index contributed by atoms with van der Waals surface area (Å²) >= 11 is 1.23. The highest BCUT2D eigenvalue weighted by molar-refractivity contribution is 7.99. The number of benzene rings is 2. The highest BCUT2D eigenvalue weighted by Crippen LogP contribution is 2.43. The molecule has 0 unspecified atom stereocenters. The fraction of sp³-hybridized carbons (Fsp3) is 0.211. The summed E-state index contributed by atoms with van der Waals surface area (Å²) in [6, 6.07) is 9.36. The Morgan fingerprint density at radius 1 is 1.12 bits per heavy atom. The minimum absolute atomic E-state index is 0.0352. The highest BCUT2D eigenvalue weighted by Gasteiger charge is 2.20. The van der Waals surface area contributed by atoms with Crippen LogP contribution >= 0.6 is 11.8 Å². The second-order valence-corrected chi connectivity index (χ2v) is 6.90. The molecule has 26 heavy (non-hydrogen) atoms. The molecule has 0 radical (unpaired) electrons. The van der Waals surface area contributed by atoms with Gasteiger partial charge >= 0.3 is 0 Å². The first kappa shape index (κ1) is 18.0. The smallest absolute Gasteiger partial charge is 0.204 e. The fourth-order valence-electron chi connectivity index (χ4n) is 2.46. The van der Waals surface area contributed by atoms with Crippen molar-refractivity contribution in [1.82, 2.24) is 0 Å². The molecule has 6 nitrogen and oxygen atoms in total. The Kier molecular flexibility index (Phi) is 4.99. The van der Waals surface area contributed by atoms with Crippen LogP contribution in [0.1, 0.15) is 13.8 Å².